The number of hydrogen-bond donors (Lipinski definition) is 2. The third kappa shape index (κ3) is 4.19. The molecule has 1 heterocycles. The molecular weight excluding hydrogens is 240 g/mol. The molecule has 0 fully saturated rings. The molecule has 6 heteroatoms. The van der Waals surface area contributed by atoms with Crippen LogP contribution >= 0.6 is 0 Å². The van der Waals surface area contributed by atoms with Gasteiger partial charge in [0, 0.05) is 12.6 Å². The number of aromatic nitrogens is 1. The van der Waals surface area contributed by atoms with Crippen LogP contribution in [0.5, 0.6) is 0 Å². The highest BCUT2D eigenvalue weighted by molar-refractivity contribution is 5.44. The van der Waals surface area contributed by atoms with Crippen LogP contribution in [0.3, 0.4) is 0 Å². The van der Waals surface area contributed by atoms with Gasteiger partial charge in [-0.05, 0) is 18.6 Å². The van der Waals surface area contributed by atoms with E-state index in [1.807, 2.05) is 6.92 Å². The first-order valence-electron chi connectivity index (χ1n) is 5.94. The average Bonchev–Trinajstić information content (AvgIpc) is 2.37. The number of nitrogens with two attached hydrogens (primary N) is 1. The highest BCUT2D eigenvalue weighted by Gasteiger charge is 2.13. The van der Waals surface area contributed by atoms with E-state index in [0.29, 0.717) is 5.69 Å². The van der Waals surface area contributed by atoms with E-state index >= 15 is 0 Å². The number of hydrogen-bond acceptors (Lipinski definition) is 4. The molecule has 0 aliphatic carbocycles. The van der Waals surface area contributed by atoms with Crippen LogP contribution in [-0.2, 0) is 0 Å². The molecular formula is C12H19F2N3O. The van der Waals surface area contributed by atoms with E-state index in [4.69, 9.17) is 10.8 Å². The molecule has 0 unspecified atom stereocenters. The summed E-state index contributed by atoms with van der Waals surface area (Å²) in [6, 6.07) is 3.30. The molecule has 3 N–H and O–H groups in total. The second kappa shape index (κ2) is 7.23. The SMILES string of the molecule is CC[C@@H](N)c1ccc(N(CCO)CC(F)F)cn1. The summed E-state index contributed by atoms with van der Waals surface area (Å²) in [5, 5.41) is 8.86. The van der Waals surface area contributed by atoms with Crippen molar-refractivity contribution in [2.45, 2.75) is 25.8 Å². The van der Waals surface area contributed by atoms with E-state index < -0.39 is 13.0 Å². The van der Waals surface area contributed by atoms with Crippen molar-refractivity contribution in [3.63, 3.8) is 0 Å². The van der Waals surface area contributed by atoms with Gasteiger partial charge in [0.15, 0.2) is 0 Å². The van der Waals surface area contributed by atoms with Crippen molar-refractivity contribution < 1.29 is 13.9 Å². The molecule has 0 aromatic carbocycles. The number of aliphatic hydroxyl groups is 1. The Morgan fingerprint density at radius 2 is 2.17 bits per heavy atom. The Morgan fingerprint density at radius 1 is 1.44 bits per heavy atom. The molecule has 0 aliphatic rings. The average molecular weight is 259 g/mol. The van der Waals surface area contributed by atoms with E-state index in [1.54, 1.807) is 12.1 Å². The molecule has 0 radical (unpaired) electrons. The largest absolute Gasteiger partial charge is 0.395 e. The standard InChI is InChI=1S/C12H19F2N3O/c1-2-10(15)11-4-3-9(7-16-11)17(5-6-18)8-12(13)14/h3-4,7,10,12,18H,2,5-6,8,15H2,1H3/t10-/m1/s1. The Kier molecular flexibility index (Phi) is 5.94. The van der Waals surface area contributed by atoms with Crippen LogP contribution in [0.1, 0.15) is 25.1 Å². The van der Waals surface area contributed by atoms with Crippen LogP contribution in [0.15, 0.2) is 18.3 Å². The van der Waals surface area contributed by atoms with Crippen LogP contribution in [0, 0.1) is 0 Å². The predicted molar refractivity (Wildman–Crippen MR) is 66.8 cm³/mol. The number of nitrogens with zero attached hydrogens (tertiary/aromatic N) is 2. The number of alkyl halides is 2. The lowest BCUT2D eigenvalue weighted by Gasteiger charge is -2.23. The third-order valence-corrected chi connectivity index (χ3v) is 2.68. The molecule has 102 valence electrons. The second-order valence-corrected chi connectivity index (χ2v) is 4.02. The van der Waals surface area contributed by atoms with Gasteiger partial charge in [0.25, 0.3) is 6.43 Å². The highest BCUT2D eigenvalue weighted by atomic mass is 19.3. The number of aliphatic hydroxyl groups excluding tert-OH is 1. The van der Waals surface area contributed by atoms with Crippen LogP contribution in [0.25, 0.3) is 0 Å². The maximum absolute atomic E-state index is 12.4. The van der Waals surface area contributed by atoms with Crippen LogP contribution in [0.2, 0.25) is 0 Å². The quantitative estimate of drug-likeness (QED) is 0.780. The van der Waals surface area contributed by atoms with Gasteiger partial charge in [-0.1, -0.05) is 6.92 Å². The summed E-state index contributed by atoms with van der Waals surface area (Å²) in [4.78, 5) is 5.57. The zero-order valence-corrected chi connectivity index (χ0v) is 10.4. The first kappa shape index (κ1) is 14.8. The molecule has 1 atom stereocenters. The van der Waals surface area contributed by atoms with E-state index in [-0.39, 0.29) is 19.2 Å². The number of halogens is 2. The minimum atomic E-state index is -2.45. The van der Waals surface area contributed by atoms with Crippen molar-refractivity contribution in [1.29, 1.82) is 0 Å². The smallest absolute Gasteiger partial charge is 0.255 e. The molecule has 0 saturated carbocycles. The number of anilines is 1. The minimum absolute atomic E-state index is 0.138. The maximum atomic E-state index is 12.4. The zero-order chi connectivity index (χ0) is 13.5. The third-order valence-electron chi connectivity index (χ3n) is 2.68. The molecule has 0 aliphatic heterocycles. The first-order valence-corrected chi connectivity index (χ1v) is 5.94. The van der Waals surface area contributed by atoms with Crippen LogP contribution < -0.4 is 10.6 Å². The topological polar surface area (TPSA) is 62.4 Å². The molecule has 0 spiro atoms. The van der Waals surface area contributed by atoms with Crippen LogP contribution in [-0.4, -0.2) is 36.2 Å². The molecule has 1 aromatic rings. The molecule has 4 nitrogen and oxygen atoms in total. The van der Waals surface area contributed by atoms with E-state index in [2.05, 4.69) is 4.98 Å². The summed E-state index contributed by atoms with van der Waals surface area (Å²) in [6.07, 6.45) is -0.166. The van der Waals surface area contributed by atoms with E-state index in [1.165, 1.54) is 11.1 Å². The fourth-order valence-electron chi connectivity index (χ4n) is 1.63. The molecule has 1 aromatic heterocycles. The van der Waals surface area contributed by atoms with Crippen molar-refractivity contribution >= 4 is 5.69 Å². The lowest BCUT2D eigenvalue weighted by Crippen LogP contribution is -2.31. The Labute approximate surface area is 105 Å². The Morgan fingerprint density at radius 3 is 2.61 bits per heavy atom. The van der Waals surface area contributed by atoms with Gasteiger partial charge in [0.1, 0.15) is 0 Å². The Hall–Kier alpha value is -1.27. The van der Waals surface area contributed by atoms with Crippen molar-refractivity contribution in [1.82, 2.24) is 4.98 Å². The number of pyridine rings is 1. The van der Waals surface area contributed by atoms with Gasteiger partial charge >= 0.3 is 0 Å². The predicted octanol–water partition coefficient (Wildman–Crippen LogP) is 1.56. The summed E-state index contributed by atoms with van der Waals surface area (Å²) in [5.74, 6) is 0. The van der Waals surface area contributed by atoms with Gasteiger partial charge in [-0.3, -0.25) is 4.98 Å². The van der Waals surface area contributed by atoms with Gasteiger partial charge in [-0.25, -0.2) is 8.78 Å². The van der Waals surface area contributed by atoms with Gasteiger partial charge in [-0.15, -0.1) is 0 Å². The normalized spacial score (nSPS) is 12.8. The van der Waals surface area contributed by atoms with Gasteiger partial charge in [0.05, 0.1) is 30.7 Å². The number of rotatable bonds is 7. The van der Waals surface area contributed by atoms with Crippen molar-refractivity contribution in [2.75, 3.05) is 24.6 Å². The summed E-state index contributed by atoms with van der Waals surface area (Å²) >= 11 is 0. The molecule has 18 heavy (non-hydrogen) atoms. The van der Waals surface area contributed by atoms with Gasteiger partial charge < -0.3 is 15.7 Å². The first-order chi connectivity index (χ1) is 8.58. The van der Waals surface area contributed by atoms with Crippen molar-refractivity contribution in [2.24, 2.45) is 5.73 Å². The van der Waals surface area contributed by atoms with E-state index in [0.717, 1.165) is 12.1 Å². The maximum Gasteiger partial charge on any atom is 0.255 e. The molecule has 0 amide bonds. The van der Waals surface area contributed by atoms with Crippen molar-refractivity contribution in [3.05, 3.63) is 24.0 Å². The fourth-order valence-corrected chi connectivity index (χ4v) is 1.63. The van der Waals surface area contributed by atoms with E-state index in [9.17, 15) is 8.78 Å². The minimum Gasteiger partial charge on any atom is -0.395 e. The summed E-state index contributed by atoms with van der Waals surface area (Å²) < 4.78 is 24.8. The highest BCUT2D eigenvalue weighted by Crippen LogP contribution is 2.17. The van der Waals surface area contributed by atoms with Gasteiger partial charge in [0.2, 0.25) is 0 Å². The Bertz CT molecular complexity index is 346. The fraction of sp³-hybridized carbons (Fsp3) is 0.583. The molecule has 0 bridgehead atoms. The molecule has 0 saturated heterocycles. The van der Waals surface area contributed by atoms with Gasteiger partial charge in [-0.2, -0.15) is 0 Å². The molecule has 1 rings (SSSR count). The zero-order valence-electron chi connectivity index (χ0n) is 10.4. The summed E-state index contributed by atoms with van der Waals surface area (Å²) in [5.41, 5.74) is 7.13. The Balaban J connectivity index is 2.79. The summed E-state index contributed by atoms with van der Waals surface area (Å²) in [6.45, 7) is 1.52. The monoisotopic (exact) mass is 259 g/mol. The second-order valence-electron chi connectivity index (χ2n) is 4.02. The van der Waals surface area contributed by atoms with Crippen LogP contribution in [0.4, 0.5) is 14.5 Å². The summed E-state index contributed by atoms with van der Waals surface area (Å²) in [7, 11) is 0. The lowest BCUT2D eigenvalue weighted by molar-refractivity contribution is 0.153. The lowest BCUT2D eigenvalue weighted by atomic mass is 10.1. The van der Waals surface area contributed by atoms with Crippen molar-refractivity contribution in [3.8, 4) is 0 Å².